The highest BCUT2D eigenvalue weighted by Crippen LogP contribution is 2.28. The van der Waals surface area contributed by atoms with E-state index in [0.717, 1.165) is 4.47 Å². The number of fused-ring (bicyclic) bond motifs is 1. The number of carbonyl (C=O) groups is 3. The van der Waals surface area contributed by atoms with Crippen molar-refractivity contribution in [3.8, 4) is 5.75 Å². The second-order valence-electron chi connectivity index (χ2n) is 7.27. The maximum Gasteiger partial charge on any atom is 0.328 e. The quantitative estimate of drug-likeness (QED) is 0.266. The van der Waals surface area contributed by atoms with Crippen molar-refractivity contribution in [2.24, 2.45) is 0 Å². The minimum absolute atomic E-state index is 0.0756. The summed E-state index contributed by atoms with van der Waals surface area (Å²) in [6.07, 6.45) is 0. The molecule has 0 atom stereocenters. The third kappa shape index (κ3) is 5.59. The number of anilines is 2. The summed E-state index contributed by atoms with van der Waals surface area (Å²) in [4.78, 5) is 38.5. The van der Waals surface area contributed by atoms with Crippen molar-refractivity contribution in [3.63, 3.8) is 0 Å². The summed E-state index contributed by atoms with van der Waals surface area (Å²) < 4.78 is 7.14. The Hall–Kier alpha value is -3.53. The number of nitrogens with one attached hydrogen (secondary N) is 3. The van der Waals surface area contributed by atoms with E-state index in [9.17, 15) is 14.4 Å². The highest BCUT2D eigenvalue weighted by molar-refractivity contribution is 9.10. The summed E-state index contributed by atoms with van der Waals surface area (Å²) in [7, 11) is 1.49. The fourth-order valence-corrected chi connectivity index (χ4v) is 4.13. The van der Waals surface area contributed by atoms with Crippen LogP contribution < -0.4 is 20.8 Å². The minimum atomic E-state index is -0.980. The molecule has 0 aliphatic heterocycles. The Labute approximate surface area is 218 Å². The number of ether oxygens (including phenoxy) is 1. The fraction of sp³-hybridized carbons (Fsp3) is 0.0417. The van der Waals surface area contributed by atoms with Crippen LogP contribution in [-0.2, 0) is 9.59 Å². The second kappa shape index (κ2) is 10.4. The predicted molar refractivity (Wildman–Crippen MR) is 140 cm³/mol. The van der Waals surface area contributed by atoms with E-state index in [1.54, 1.807) is 60.7 Å². The number of hydrogen-bond acceptors (Lipinski definition) is 4. The van der Waals surface area contributed by atoms with Gasteiger partial charge in [-0.05, 0) is 54.6 Å². The van der Waals surface area contributed by atoms with Gasteiger partial charge in [0.1, 0.15) is 11.4 Å². The lowest BCUT2D eigenvalue weighted by Gasteiger charge is -2.13. The van der Waals surface area contributed by atoms with Gasteiger partial charge in [0.15, 0.2) is 0 Å². The van der Waals surface area contributed by atoms with Crippen LogP contribution in [0, 0.1) is 0 Å². The number of aromatic nitrogens is 1. The van der Waals surface area contributed by atoms with Crippen LogP contribution in [-0.4, -0.2) is 29.5 Å². The first kappa shape index (κ1) is 24.6. The van der Waals surface area contributed by atoms with Gasteiger partial charge in [-0.3, -0.25) is 19.8 Å². The van der Waals surface area contributed by atoms with Crippen molar-refractivity contribution >= 4 is 79.1 Å². The van der Waals surface area contributed by atoms with Crippen LogP contribution in [0.25, 0.3) is 10.9 Å². The molecule has 4 aromatic rings. The lowest BCUT2D eigenvalue weighted by atomic mass is 10.2. The Morgan fingerprint density at radius 2 is 1.71 bits per heavy atom. The van der Waals surface area contributed by atoms with Crippen LogP contribution in [0.5, 0.6) is 5.75 Å². The van der Waals surface area contributed by atoms with E-state index in [2.05, 4.69) is 32.0 Å². The van der Waals surface area contributed by atoms with Gasteiger partial charge in [0.05, 0.1) is 23.3 Å². The average molecular weight is 576 g/mol. The Morgan fingerprint density at radius 1 is 0.914 bits per heavy atom. The van der Waals surface area contributed by atoms with Crippen LogP contribution in [0.2, 0.25) is 10.0 Å². The molecule has 3 amide bonds. The molecule has 35 heavy (non-hydrogen) atoms. The van der Waals surface area contributed by atoms with E-state index in [1.165, 1.54) is 17.9 Å². The molecule has 0 aliphatic rings. The topological polar surface area (TPSA) is 101 Å². The van der Waals surface area contributed by atoms with Crippen LogP contribution in [0.3, 0.4) is 0 Å². The van der Waals surface area contributed by atoms with Crippen molar-refractivity contribution in [3.05, 3.63) is 86.9 Å². The molecule has 3 N–H and O–H groups in total. The van der Waals surface area contributed by atoms with Gasteiger partial charge in [-0.25, -0.2) is 4.68 Å². The summed E-state index contributed by atoms with van der Waals surface area (Å²) in [5.74, 6) is -1.95. The van der Waals surface area contributed by atoms with Gasteiger partial charge in [0.2, 0.25) is 0 Å². The monoisotopic (exact) mass is 574 g/mol. The zero-order valence-corrected chi connectivity index (χ0v) is 21.2. The van der Waals surface area contributed by atoms with Crippen LogP contribution in [0.4, 0.5) is 11.4 Å². The summed E-state index contributed by atoms with van der Waals surface area (Å²) in [5.41, 5.74) is 3.79. The summed E-state index contributed by atoms with van der Waals surface area (Å²) in [5, 5.41) is 6.52. The van der Waals surface area contributed by atoms with Crippen LogP contribution in [0.1, 0.15) is 10.5 Å². The van der Waals surface area contributed by atoms with E-state index in [0.29, 0.717) is 33.0 Å². The van der Waals surface area contributed by atoms with Crippen molar-refractivity contribution < 1.29 is 19.1 Å². The molecule has 0 unspecified atom stereocenters. The van der Waals surface area contributed by atoms with E-state index in [-0.39, 0.29) is 10.7 Å². The number of nitrogens with zero attached hydrogens (tertiary/aromatic N) is 1. The molecule has 178 valence electrons. The van der Waals surface area contributed by atoms with Gasteiger partial charge in [0.25, 0.3) is 5.91 Å². The van der Waals surface area contributed by atoms with Gasteiger partial charge < -0.3 is 15.4 Å². The molecule has 1 aromatic heterocycles. The summed E-state index contributed by atoms with van der Waals surface area (Å²) >= 11 is 15.5. The zero-order valence-electron chi connectivity index (χ0n) is 18.1. The number of carbonyl (C=O) groups excluding carboxylic acids is 3. The molecule has 0 fully saturated rings. The fourth-order valence-electron chi connectivity index (χ4n) is 3.29. The van der Waals surface area contributed by atoms with Crippen LogP contribution in [0.15, 0.2) is 71.2 Å². The molecule has 1 heterocycles. The van der Waals surface area contributed by atoms with Crippen molar-refractivity contribution in [2.45, 2.75) is 0 Å². The molecule has 0 aliphatic carbocycles. The Balaban J connectivity index is 1.62. The highest BCUT2D eigenvalue weighted by atomic mass is 79.9. The molecule has 8 nitrogen and oxygen atoms in total. The number of halogens is 3. The first-order valence-electron chi connectivity index (χ1n) is 10.1. The molecule has 0 spiro atoms. The first-order chi connectivity index (χ1) is 16.7. The van der Waals surface area contributed by atoms with Gasteiger partial charge in [-0.15, -0.1) is 0 Å². The standard InChI is InChI=1S/C24H17BrCl2N4O4/c1-35-17-4-2-3-16(12-17)28-23(33)24(34)30-31-20-8-5-14(25)9-13(20)10-21(31)22(32)29-19-7-6-15(26)11-18(19)27/h2-12H,1H3,(H,28,33)(H,29,32)(H,30,34). The molecule has 0 saturated carbocycles. The second-order valence-corrected chi connectivity index (χ2v) is 9.03. The largest absolute Gasteiger partial charge is 0.497 e. The molecular formula is C24H17BrCl2N4O4. The SMILES string of the molecule is COc1cccc(NC(=O)C(=O)Nn2c(C(=O)Nc3ccc(Cl)cc3Cl)cc3cc(Br)ccc32)c1. The minimum Gasteiger partial charge on any atom is -0.497 e. The average Bonchev–Trinajstić information content (AvgIpc) is 3.18. The van der Waals surface area contributed by atoms with E-state index in [1.807, 2.05) is 0 Å². The Bertz CT molecular complexity index is 1470. The van der Waals surface area contributed by atoms with E-state index in [4.69, 9.17) is 27.9 Å². The molecule has 11 heteroatoms. The predicted octanol–water partition coefficient (Wildman–Crippen LogP) is 5.68. The molecular weight excluding hydrogens is 559 g/mol. The van der Waals surface area contributed by atoms with Gasteiger partial charge in [0, 0.05) is 26.6 Å². The molecule has 0 bridgehead atoms. The van der Waals surface area contributed by atoms with Crippen molar-refractivity contribution in [1.29, 1.82) is 0 Å². The third-order valence-corrected chi connectivity index (χ3v) is 5.96. The molecule has 4 rings (SSSR count). The number of benzene rings is 3. The third-order valence-electron chi connectivity index (χ3n) is 4.92. The molecule has 3 aromatic carbocycles. The van der Waals surface area contributed by atoms with E-state index >= 15 is 0 Å². The lowest BCUT2D eigenvalue weighted by molar-refractivity contribution is -0.133. The number of amides is 3. The zero-order chi connectivity index (χ0) is 25.1. The van der Waals surface area contributed by atoms with E-state index < -0.39 is 17.7 Å². The summed E-state index contributed by atoms with van der Waals surface area (Å²) in [6.45, 7) is 0. The first-order valence-corrected chi connectivity index (χ1v) is 11.6. The smallest absolute Gasteiger partial charge is 0.328 e. The maximum atomic E-state index is 13.1. The maximum absolute atomic E-state index is 13.1. The highest BCUT2D eigenvalue weighted by Gasteiger charge is 2.22. The van der Waals surface area contributed by atoms with Crippen molar-refractivity contribution in [2.75, 3.05) is 23.2 Å². The lowest BCUT2D eigenvalue weighted by Crippen LogP contribution is -2.36. The van der Waals surface area contributed by atoms with Crippen LogP contribution >= 0.6 is 39.1 Å². The summed E-state index contributed by atoms with van der Waals surface area (Å²) in [6, 6.07) is 18.0. The Morgan fingerprint density at radius 3 is 2.46 bits per heavy atom. The number of methoxy groups -OCH3 is 1. The Kier molecular flexibility index (Phi) is 7.30. The van der Waals surface area contributed by atoms with Crippen molar-refractivity contribution in [1.82, 2.24) is 4.68 Å². The van der Waals surface area contributed by atoms with Gasteiger partial charge >= 0.3 is 11.8 Å². The number of hydrogen-bond donors (Lipinski definition) is 3. The van der Waals surface area contributed by atoms with Gasteiger partial charge in [-0.1, -0.05) is 45.2 Å². The normalized spacial score (nSPS) is 10.6. The van der Waals surface area contributed by atoms with Gasteiger partial charge in [-0.2, -0.15) is 0 Å². The molecule has 0 radical (unpaired) electrons. The number of rotatable bonds is 5. The molecule has 0 saturated heterocycles.